The summed E-state index contributed by atoms with van der Waals surface area (Å²) in [5, 5.41) is 8.07. The van der Waals surface area contributed by atoms with Gasteiger partial charge in [-0.25, -0.2) is 4.98 Å². The minimum atomic E-state index is -0.635. The minimum Gasteiger partial charge on any atom is -0.467 e. The van der Waals surface area contributed by atoms with Crippen molar-refractivity contribution in [1.29, 1.82) is 0 Å². The molecular formula is C15H17N3O3S. The first-order chi connectivity index (χ1) is 10.5. The summed E-state index contributed by atoms with van der Waals surface area (Å²) >= 11 is 1.51. The normalized spacial score (nSPS) is 12.3. The lowest BCUT2D eigenvalue weighted by Gasteiger charge is -2.12. The second kappa shape index (κ2) is 7.56. The van der Waals surface area contributed by atoms with E-state index in [-0.39, 0.29) is 11.8 Å². The molecule has 2 N–H and O–H groups in total. The number of carbonyl (C=O) groups excluding carboxylic acids is 2. The monoisotopic (exact) mass is 319 g/mol. The standard InChI is InChI=1S/C15H17N3O3S/c1-10(15(20)16-8-13-4-3-7-21-13)17-14(19)6-5-12-9-22-11(2)18-12/h3-7,9-10H,8H2,1-2H3,(H,16,20)(H,17,19)/b6-5+/t10-/m0/s1. The summed E-state index contributed by atoms with van der Waals surface area (Å²) in [7, 11) is 0. The van der Waals surface area contributed by atoms with Gasteiger partial charge in [0.1, 0.15) is 11.8 Å². The zero-order valence-electron chi connectivity index (χ0n) is 12.3. The Labute approximate surface area is 132 Å². The van der Waals surface area contributed by atoms with E-state index in [1.807, 2.05) is 12.3 Å². The molecule has 2 heterocycles. The van der Waals surface area contributed by atoms with E-state index in [2.05, 4.69) is 15.6 Å². The Morgan fingerprint density at radius 2 is 2.32 bits per heavy atom. The third-order valence-corrected chi connectivity index (χ3v) is 3.60. The molecule has 2 aromatic heterocycles. The first kappa shape index (κ1) is 16.0. The molecule has 22 heavy (non-hydrogen) atoms. The summed E-state index contributed by atoms with van der Waals surface area (Å²) in [5.74, 6) is 0.0413. The molecule has 1 atom stereocenters. The second-order valence-electron chi connectivity index (χ2n) is 4.65. The average molecular weight is 319 g/mol. The van der Waals surface area contributed by atoms with Gasteiger partial charge in [-0.2, -0.15) is 0 Å². The van der Waals surface area contributed by atoms with Gasteiger partial charge in [0.05, 0.1) is 23.5 Å². The molecule has 0 bridgehead atoms. The van der Waals surface area contributed by atoms with Crippen LogP contribution < -0.4 is 10.6 Å². The van der Waals surface area contributed by atoms with E-state index < -0.39 is 6.04 Å². The Kier molecular flexibility index (Phi) is 5.48. The molecule has 2 amide bonds. The first-order valence-corrected chi connectivity index (χ1v) is 7.63. The van der Waals surface area contributed by atoms with Crippen molar-refractivity contribution in [2.45, 2.75) is 26.4 Å². The summed E-state index contributed by atoms with van der Waals surface area (Å²) in [6.07, 6.45) is 4.52. The summed E-state index contributed by atoms with van der Waals surface area (Å²) < 4.78 is 5.12. The zero-order valence-corrected chi connectivity index (χ0v) is 13.1. The van der Waals surface area contributed by atoms with Crippen LogP contribution in [0.25, 0.3) is 6.08 Å². The minimum absolute atomic E-state index is 0.275. The topological polar surface area (TPSA) is 84.2 Å². The lowest BCUT2D eigenvalue weighted by Crippen LogP contribution is -2.44. The van der Waals surface area contributed by atoms with Crippen molar-refractivity contribution in [3.05, 3.63) is 46.3 Å². The van der Waals surface area contributed by atoms with Crippen molar-refractivity contribution in [3.63, 3.8) is 0 Å². The molecule has 2 rings (SSSR count). The number of carbonyl (C=O) groups is 2. The predicted molar refractivity (Wildman–Crippen MR) is 84.0 cm³/mol. The number of aromatic nitrogens is 1. The van der Waals surface area contributed by atoms with Crippen molar-refractivity contribution in [1.82, 2.24) is 15.6 Å². The summed E-state index contributed by atoms with van der Waals surface area (Å²) in [5.41, 5.74) is 0.729. The maximum absolute atomic E-state index is 11.8. The van der Waals surface area contributed by atoms with E-state index in [9.17, 15) is 9.59 Å². The zero-order chi connectivity index (χ0) is 15.9. The van der Waals surface area contributed by atoms with Crippen LogP contribution in [0.3, 0.4) is 0 Å². The number of rotatable bonds is 6. The van der Waals surface area contributed by atoms with Crippen LogP contribution in [0.1, 0.15) is 23.4 Å². The maximum atomic E-state index is 11.8. The van der Waals surface area contributed by atoms with Crippen LogP contribution in [0.15, 0.2) is 34.3 Å². The van der Waals surface area contributed by atoms with Gasteiger partial charge in [-0.1, -0.05) is 0 Å². The molecule has 0 aromatic carbocycles. The van der Waals surface area contributed by atoms with E-state index >= 15 is 0 Å². The number of thiazole rings is 1. The van der Waals surface area contributed by atoms with Gasteiger partial charge in [-0.15, -0.1) is 11.3 Å². The van der Waals surface area contributed by atoms with Gasteiger partial charge in [-0.05, 0) is 32.1 Å². The molecule has 0 radical (unpaired) electrons. The quantitative estimate of drug-likeness (QED) is 0.796. The van der Waals surface area contributed by atoms with E-state index in [0.29, 0.717) is 12.3 Å². The van der Waals surface area contributed by atoms with E-state index in [4.69, 9.17) is 4.42 Å². The predicted octanol–water partition coefficient (Wildman–Crippen LogP) is 1.88. The molecular weight excluding hydrogens is 302 g/mol. The van der Waals surface area contributed by atoms with E-state index in [1.54, 1.807) is 25.1 Å². The third-order valence-electron chi connectivity index (χ3n) is 2.81. The number of furan rings is 1. The number of aryl methyl sites for hydroxylation is 1. The number of nitrogens with one attached hydrogen (secondary N) is 2. The van der Waals surface area contributed by atoms with Crippen LogP contribution in [0, 0.1) is 6.92 Å². The van der Waals surface area contributed by atoms with Gasteiger partial charge >= 0.3 is 0 Å². The highest BCUT2D eigenvalue weighted by Gasteiger charge is 2.14. The Bertz CT molecular complexity index is 661. The molecule has 0 spiro atoms. The van der Waals surface area contributed by atoms with Crippen LogP contribution in [0.2, 0.25) is 0 Å². The van der Waals surface area contributed by atoms with Gasteiger partial charge in [0.25, 0.3) is 0 Å². The fraction of sp³-hybridized carbons (Fsp3) is 0.267. The SMILES string of the molecule is Cc1nc(/C=C/C(=O)N[C@@H](C)C(=O)NCc2ccco2)cs1. The molecule has 116 valence electrons. The van der Waals surface area contributed by atoms with Crippen LogP contribution in [-0.2, 0) is 16.1 Å². The maximum Gasteiger partial charge on any atom is 0.244 e. The van der Waals surface area contributed by atoms with E-state index in [1.165, 1.54) is 23.7 Å². The Hall–Kier alpha value is -2.41. The van der Waals surface area contributed by atoms with Crippen LogP contribution in [0.5, 0.6) is 0 Å². The van der Waals surface area contributed by atoms with Crippen molar-refractivity contribution in [2.24, 2.45) is 0 Å². The van der Waals surface area contributed by atoms with Crippen molar-refractivity contribution < 1.29 is 14.0 Å². The van der Waals surface area contributed by atoms with Gasteiger partial charge in [0.2, 0.25) is 11.8 Å². The Morgan fingerprint density at radius 1 is 1.50 bits per heavy atom. The number of hydrogen-bond acceptors (Lipinski definition) is 5. The molecule has 0 saturated carbocycles. The highest BCUT2D eigenvalue weighted by molar-refractivity contribution is 7.09. The Balaban J connectivity index is 1.77. The summed E-state index contributed by atoms with van der Waals surface area (Å²) in [4.78, 5) is 27.8. The van der Waals surface area contributed by atoms with Gasteiger partial charge in [0.15, 0.2) is 0 Å². The molecule has 0 aliphatic carbocycles. The summed E-state index contributed by atoms with van der Waals surface area (Å²) in [6, 6.07) is 2.88. The fourth-order valence-corrected chi connectivity index (χ4v) is 2.27. The number of hydrogen-bond donors (Lipinski definition) is 2. The molecule has 7 heteroatoms. The number of amides is 2. The largest absolute Gasteiger partial charge is 0.467 e. The summed E-state index contributed by atoms with van der Waals surface area (Å²) in [6.45, 7) is 3.81. The molecule has 0 aliphatic rings. The van der Waals surface area contributed by atoms with E-state index in [0.717, 1.165) is 10.7 Å². The van der Waals surface area contributed by atoms with Gasteiger partial charge in [0, 0.05) is 11.5 Å². The molecule has 0 fully saturated rings. The first-order valence-electron chi connectivity index (χ1n) is 6.75. The molecule has 6 nitrogen and oxygen atoms in total. The fourth-order valence-electron chi connectivity index (χ4n) is 1.69. The van der Waals surface area contributed by atoms with Crippen LogP contribution in [0.4, 0.5) is 0 Å². The third kappa shape index (κ3) is 4.85. The average Bonchev–Trinajstić information content (AvgIpc) is 3.14. The molecule has 2 aromatic rings. The lowest BCUT2D eigenvalue weighted by atomic mass is 10.3. The highest BCUT2D eigenvalue weighted by atomic mass is 32.1. The van der Waals surface area contributed by atoms with Gasteiger partial charge < -0.3 is 15.1 Å². The number of nitrogens with zero attached hydrogens (tertiary/aromatic N) is 1. The molecule has 0 saturated heterocycles. The van der Waals surface area contributed by atoms with Gasteiger partial charge in [-0.3, -0.25) is 9.59 Å². The highest BCUT2D eigenvalue weighted by Crippen LogP contribution is 2.08. The Morgan fingerprint density at radius 3 is 2.95 bits per heavy atom. The smallest absolute Gasteiger partial charge is 0.244 e. The lowest BCUT2D eigenvalue weighted by molar-refractivity contribution is -0.126. The molecule has 0 unspecified atom stereocenters. The van der Waals surface area contributed by atoms with Crippen molar-refractivity contribution >= 4 is 29.2 Å². The van der Waals surface area contributed by atoms with Crippen molar-refractivity contribution in [3.8, 4) is 0 Å². The van der Waals surface area contributed by atoms with Crippen LogP contribution >= 0.6 is 11.3 Å². The molecule has 0 aliphatic heterocycles. The second-order valence-corrected chi connectivity index (χ2v) is 5.71. The van der Waals surface area contributed by atoms with Crippen molar-refractivity contribution in [2.75, 3.05) is 0 Å². The van der Waals surface area contributed by atoms with Crippen LogP contribution in [-0.4, -0.2) is 22.8 Å².